The van der Waals surface area contributed by atoms with Crippen LogP contribution in [-0.2, 0) is 9.53 Å². The van der Waals surface area contributed by atoms with Gasteiger partial charge in [-0.25, -0.2) is 4.98 Å². The lowest BCUT2D eigenvalue weighted by Gasteiger charge is -2.08. The fourth-order valence-corrected chi connectivity index (χ4v) is 5.44. The van der Waals surface area contributed by atoms with Crippen molar-refractivity contribution < 1.29 is 14.3 Å². The van der Waals surface area contributed by atoms with Crippen LogP contribution in [0.3, 0.4) is 0 Å². The van der Waals surface area contributed by atoms with Gasteiger partial charge in [0.25, 0.3) is 0 Å². The van der Waals surface area contributed by atoms with E-state index in [1.54, 1.807) is 23.1 Å². The van der Waals surface area contributed by atoms with Crippen LogP contribution in [0.2, 0.25) is 0 Å². The van der Waals surface area contributed by atoms with Crippen LogP contribution in [0.25, 0.3) is 10.2 Å². The molecule has 0 bridgehead atoms. The molecule has 0 saturated heterocycles. The number of Topliss-reactive ketones (excluding diaryl/α,β-unsaturated/α-hetero) is 1. The normalized spacial score (nSPS) is 13.8. The largest absolute Gasteiger partial charge is 0.457 e. The number of rotatable bonds is 8. The second-order valence-corrected chi connectivity index (χ2v) is 9.39. The number of esters is 1. The predicted molar refractivity (Wildman–Crippen MR) is 112 cm³/mol. The zero-order valence-corrected chi connectivity index (χ0v) is 17.6. The van der Waals surface area contributed by atoms with Crippen molar-refractivity contribution in [3.63, 3.8) is 0 Å². The van der Waals surface area contributed by atoms with Crippen LogP contribution in [0.4, 0.5) is 0 Å². The highest BCUT2D eigenvalue weighted by Gasteiger charge is 2.28. The number of ketones is 1. The van der Waals surface area contributed by atoms with Gasteiger partial charge >= 0.3 is 5.97 Å². The summed E-state index contributed by atoms with van der Waals surface area (Å²) in [5.74, 6) is 0.105. The first-order chi connectivity index (χ1) is 13.5. The van der Waals surface area contributed by atoms with E-state index in [4.69, 9.17) is 4.74 Å². The van der Waals surface area contributed by atoms with E-state index in [-0.39, 0.29) is 24.8 Å². The smallest absolute Gasteiger partial charge is 0.307 e. The Bertz CT molecular complexity index is 1000. The average Bonchev–Trinajstić information content (AvgIpc) is 3.34. The van der Waals surface area contributed by atoms with Gasteiger partial charge in [-0.3, -0.25) is 9.59 Å². The number of aryl methyl sites for hydroxylation is 1. The van der Waals surface area contributed by atoms with Gasteiger partial charge in [-0.2, -0.15) is 0 Å². The van der Waals surface area contributed by atoms with Crippen molar-refractivity contribution in [3.8, 4) is 0 Å². The van der Waals surface area contributed by atoms with E-state index in [9.17, 15) is 9.59 Å². The number of para-hydroxylation sites is 1. The molecule has 146 valence electrons. The molecule has 0 spiro atoms. The third kappa shape index (κ3) is 4.15. The van der Waals surface area contributed by atoms with Crippen LogP contribution in [0.1, 0.15) is 47.1 Å². The Labute approximate surface area is 172 Å². The number of benzene rings is 1. The molecule has 2 heterocycles. The average molecular weight is 415 g/mol. The second kappa shape index (κ2) is 8.09. The fourth-order valence-electron chi connectivity index (χ4n) is 3.38. The predicted octanol–water partition coefficient (Wildman–Crippen LogP) is 4.96. The number of hydrogen-bond acceptors (Lipinski definition) is 6. The molecule has 0 atom stereocenters. The van der Waals surface area contributed by atoms with E-state index in [0.29, 0.717) is 17.4 Å². The van der Waals surface area contributed by atoms with Crippen LogP contribution < -0.4 is 0 Å². The van der Waals surface area contributed by atoms with Crippen molar-refractivity contribution in [1.82, 2.24) is 9.55 Å². The third-order valence-electron chi connectivity index (χ3n) is 4.87. The van der Waals surface area contributed by atoms with Gasteiger partial charge in [-0.05, 0) is 44.9 Å². The molecule has 0 N–H and O–H groups in total. The summed E-state index contributed by atoms with van der Waals surface area (Å²) in [4.78, 5) is 29.0. The Morgan fingerprint density at radius 1 is 1.29 bits per heavy atom. The summed E-state index contributed by atoms with van der Waals surface area (Å²) < 4.78 is 9.52. The minimum atomic E-state index is -0.349. The molecule has 1 fully saturated rings. The number of nitrogens with zero attached hydrogens (tertiary/aromatic N) is 2. The van der Waals surface area contributed by atoms with E-state index in [1.165, 1.54) is 12.8 Å². The van der Waals surface area contributed by atoms with Gasteiger partial charge in [0.05, 0.1) is 16.6 Å². The van der Waals surface area contributed by atoms with Gasteiger partial charge in [0, 0.05) is 28.7 Å². The van der Waals surface area contributed by atoms with E-state index in [1.807, 2.05) is 44.2 Å². The Hall–Kier alpha value is -2.12. The van der Waals surface area contributed by atoms with E-state index >= 15 is 0 Å². The maximum atomic E-state index is 12.5. The monoisotopic (exact) mass is 414 g/mol. The molecular formula is C21H22N2O3S2. The van der Waals surface area contributed by atoms with Gasteiger partial charge in [0.15, 0.2) is 10.9 Å². The summed E-state index contributed by atoms with van der Waals surface area (Å²) in [5.41, 5.74) is 3.72. The summed E-state index contributed by atoms with van der Waals surface area (Å²) in [6, 6.07) is 10.4. The highest BCUT2D eigenvalue weighted by atomic mass is 32.2. The first kappa shape index (κ1) is 19.2. The Morgan fingerprint density at radius 3 is 2.82 bits per heavy atom. The van der Waals surface area contributed by atoms with E-state index < -0.39 is 0 Å². The Kier molecular flexibility index (Phi) is 5.55. The highest BCUT2D eigenvalue weighted by Crippen LogP contribution is 2.38. The van der Waals surface area contributed by atoms with Crippen molar-refractivity contribution >= 4 is 45.1 Å². The number of ether oxygens (including phenoxy) is 1. The molecule has 5 nitrogen and oxygen atoms in total. The topological polar surface area (TPSA) is 61.2 Å². The summed E-state index contributed by atoms with van der Waals surface area (Å²) in [6.45, 7) is 3.79. The molecule has 0 radical (unpaired) electrons. The number of thiazole rings is 1. The fraction of sp³-hybridized carbons (Fsp3) is 0.381. The lowest BCUT2D eigenvalue weighted by molar-refractivity contribution is -0.141. The Balaban J connectivity index is 1.25. The van der Waals surface area contributed by atoms with Crippen LogP contribution in [-0.4, -0.2) is 33.7 Å². The highest BCUT2D eigenvalue weighted by molar-refractivity contribution is 8.01. The first-order valence-electron chi connectivity index (χ1n) is 9.38. The van der Waals surface area contributed by atoms with E-state index in [2.05, 4.69) is 9.55 Å². The molecule has 1 aliphatic carbocycles. The number of carbonyl (C=O) groups is 2. The standard InChI is InChI=1S/C21H22N2O3S2/c1-13-11-16(14(2)23(13)15-7-8-15)18(24)12-26-20(25)9-10-27-21-22-17-5-3-4-6-19(17)28-21/h3-6,11,15H,7-10,12H2,1-2H3. The maximum absolute atomic E-state index is 12.5. The summed E-state index contributed by atoms with van der Waals surface area (Å²) in [6.07, 6.45) is 2.60. The number of thioether (sulfide) groups is 1. The van der Waals surface area contributed by atoms with Crippen LogP contribution in [0, 0.1) is 13.8 Å². The molecule has 0 amide bonds. The number of aromatic nitrogens is 2. The van der Waals surface area contributed by atoms with Crippen LogP contribution >= 0.6 is 23.1 Å². The molecule has 0 aliphatic heterocycles. The van der Waals surface area contributed by atoms with E-state index in [0.717, 1.165) is 25.9 Å². The second-order valence-electron chi connectivity index (χ2n) is 7.02. The molecule has 1 aromatic carbocycles. The summed E-state index contributed by atoms with van der Waals surface area (Å²) >= 11 is 3.16. The summed E-state index contributed by atoms with van der Waals surface area (Å²) in [7, 11) is 0. The Morgan fingerprint density at radius 2 is 2.07 bits per heavy atom. The zero-order chi connectivity index (χ0) is 19.7. The van der Waals surface area contributed by atoms with Crippen molar-refractivity contribution in [2.75, 3.05) is 12.4 Å². The van der Waals surface area contributed by atoms with Gasteiger partial charge in [-0.1, -0.05) is 23.9 Å². The number of carbonyl (C=O) groups excluding carboxylic acids is 2. The van der Waals surface area contributed by atoms with Gasteiger partial charge in [-0.15, -0.1) is 11.3 Å². The SMILES string of the molecule is Cc1cc(C(=O)COC(=O)CCSc2nc3ccccc3s2)c(C)n1C1CC1. The molecule has 4 rings (SSSR count). The zero-order valence-electron chi connectivity index (χ0n) is 15.9. The maximum Gasteiger partial charge on any atom is 0.307 e. The lowest BCUT2D eigenvalue weighted by atomic mass is 10.1. The van der Waals surface area contributed by atoms with Gasteiger partial charge in [0.2, 0.25) is 5.78 Å². The molecular weight excluding hydrogens is 392 g/mol. The number of hydrogen-bond donors (Lipinski definition) is 0. The van der Waals surface area contributed by atoms with Gasteiger partial charge in [0.1, 0.15) is 0 Å². The molecule has 2 aromatic heterocycles. The van der Waals surface area contributed by atoms with Crippen molar-refractivity contribution in [3.05, 3.63) is 47.3 Å². The van der Waals surface area contributed by atoms with Crippen LogP contribution in [0.5, 0.6) is 0 Å². The van der Waals surface area contributed by atoms with Crippen molar-refractivity contribution in [1.29, 1.82) is 0 Å². The van der Waals surface area contributed by atoms with Crippen LogP contribution in [0.15, 0.2) is 34.7 Å². The minimum Gasteiger partial charge on any atom is -0.457 e. The molecule has 7 heteroatoms. The molecule has 1 saturated carbocycles. The van der Waals surface area contributed by atoms with Crippen molar-refractivity contribution in [2.24, 2.45) is 0 Å². The molecule has 1 aliphatic rings. The first-order valence-corrected chi connectivity index (χ1v) is 11.2. The summed E-state index contributed by atoms with van der Waals surface area (Å²) in [5, 5.41) is 0. The van der Waals surface area contributed by atoms with Crippen molar-refractivity contribution in [2.45, 2.75) is 43.5 Å². The third-order valence-corrected chi connectivity index (χ3v) is 7.05. The van der Waals surface area contributed by atoms with Gasteiger partial charge < -0.3 is 9.30 Å². The molecule has 28 heavy (non-hydrogen) atoms. The minimum absolute atomic E-state index is 0.132. The quantitative estimate of drug-likeness (QED) is 0.296. The molecule has 3 aromatic rings. The molecule has 0 unspecified atom stereocenters. The number of fused-ring (bicyclic) bond motifs is 1. The lowest BCUT2D eigenvalue weighted by Crippen LogP contribution is -2.15.